The molecule has 1 aromatic carbocycles. The van der Waals surface area contributed by atoms with Crippen molar-refractivity contribution < 1.29 is 18.3 Å². The molecule has 1 aliphatic carbocycles. The summed E-state index contributed by atoms with van der Waals surface area (Å²) in [6.45, 7) is 1.24. The standard InChI is InChI=1S/C22H30N6O4S/c29-12-10-23-11-13-33(30,31)18-8-6-17(7-9-18)26-22-27-20-19(24-15-25-20)21(28-22)32-14-16-4-2-1-3-5-16/h6-9,15-16,23,29H,1-5,10-14H2,(H2,24,25,26,27,28). The van der Waals surface area contributed by atoms with Crippen LogP contribution in [0.4, 0.5) is 11.6 Å². The lowest BCUT2D eigenvalue weighted by atomic mass is 9.90. The highest BCUT2D eigenvalue weighted by atomic mass is 32.2. The summed E-state index contributed by atoms with van der Waals surface area (Å²) < 4.78 is 31.0. The van der Waals surface area contributed by atoms with E-state index in [1.54, 1.807) is 30.6 Å². The number of nitrogens with zero attached hydrogens (tertiary/aromatic N) is 3. The van der Waals surface area contributed by atoms with E-state index in [0.29, 0.717) is 47.7 Å². The van der Waals surface area contributed by atoms with Gasteiger partial charge in [-0.1, -0.05) is 19.3 Å². The van der Waals surface area contributed by atoms with E-state index in [-0.39, 0.29) is 23.8 Å². The maximum atomic E-state index is 12.5. The summed E-state index contributed by atoms with van der Waals surface area (Å²) in [5.41, 5.74) is 1.81. The molecule has 10 nitrogen and oxygen atoms in total. The van der Waals surface area contributed by atoms with Gasteiger partial charge in [0.15, 0.2) is 15.5 Å². The molecule has 3 aromatic rings. The van der Waals surface area contributed by atoms with Crippen LogP contribution in [0, 0.1) is 5.92 Å². The SMILES string of the molecule is O=S(=O)(CCNCCO)c1ccc(Nc2nc(OCC3CCCCC3)c3[nH]cnc3n2)cc1. The van der Waals surface area contributed by atoms with E-state index in [9.17, 15) is 8.42 Å². The third-order valence-electron chi connectivity index (χ3n) is 5.74. The van der Waals surface area contributed by atoms with Gasteiger partial charge < -0.3 is 25.5 Å². The predicted molar refractivity (Wildman–Crippen MR) is 125 cm³/mol. The third kappa shape index (κ3) is 6.18. The van der Waals surface area contributed by atoms with E-state index in [0.717, 1.165) is 0 Å². The van der Waals surface area contributed by atoms with E-state index in [4.69, 9.17) is 9.84 Å². The Balaban J connectivity index is 1.44. The Morgan fingerprint density at radius 2 is 1.88 bits per heavy atom. The molecular weight excluding hydrogens is 444 g/mol. The van der Waals surface area contributed by atoms with Gasteiger partial charge in [-0.2, -0.15) is 9.97 Å². The van der Waals surface area contributed by atoms with Crippen molar-refractivity contribution in [1.29, 1.82) is 0 Å². The second-order valence-electron chi connectivity index (χ2n) is 8.21. The van der Waals surface area contributed by atoms with Crippen LogP contribution in [-0.4, -0.2) is 65.5 Å². The second kappa shape index (κ2) is 10.9. The highest BCUT2D eigenvalue weighted by molar-refractivity contribution is 7.91. The van der Waals surface area contributed by atoms with Gasteiger partial charge in [-0.05, 0) is 43.0 Å². The van der Waals surface area contributed by atoms with E-state index in [1.807, 2.05) is 0 Å². The van der Waals surface area contributed by atoms with Crippen molar-refractivity contribution in [2.45, 2.75) is 37.0 Å². The zero-order valence-electron chi connectivity index (χ0n) is 18.5. The molecule has 0 saturated heterocycles. The molecule has 11 heteroatoms. The molecule has 4 N–H and O–H groups in total. The molecule has 0 radical (unpaired) electrons. The number of H-pyrrole nitrogens is 1. The van der Waals surface area contributed by atoms with Crippen LogP contribution in [0.15, 0.2) is 35.5 Å². The molecule has 1 aliphatic rings. The molecule has 178 valence electrons. The highest BCUT2D eigenvalue weighted by Gasteiger charge is 2.18. The minimum atomic E-state index is -3.41. The van der Waals surface area contributed by atoms with Gasteiger partial charge in [-0.3, -0.25) is 0 Å². The predicted octanol–water partition coefficient (Wildman–Crippen LogP) is 2.41. The molecule has 33 heavy (non-hydrogen) atoms. The van der Waals surface area contributed by atoms with Crippen molar-refractivity contribution >= 4 is 32.6 Å². The Kier molecular flexibility index (Phi) is 7.73. The smallest absolute Gasteiger partial charge is 0.245 e. The Morgan fingerprint density at radius 1 is 1.09 bits per heavy atom. The average Bonchev–Trinajstić information content (AvgIpc) is 3.30. The molecular formula is C22H30N6O4S. The van der Waals surface area contributed by atoms with Gasteiger partial charge >= 0.3 is 0 Å². The molecule has 0 amide bonds. The number of ether oxygens (including phenoxy) is 1. The van der Waals surface area contributed by atoms with Crippen molar-refractivity contribution in [3.05, 3.63) is 30.6 Å². The zero-order chi connectivity index (χ0) is 23.1. The fourth-order valence-electron chi connectivity index (χ4n) is 3.92. The number of rotatable bonds is 11. The lowest BCUT2D eigenvalue weighted by Gasteiger charge is -2.21. The van der Waals surface area contributed by atoms with Gasteiger partial charge in [-0.25, -0.2) is 13.4 Å². The van der Waals surface area contributed by atoms with Gasteiger partial charge in [-0.15, -0.1) is 0 Å². The van der Waals surface area contributed by atoms with E-state index in [1.165, 1.54) is 32.1 Å². The highest BCUT2D eigenvalue weighted by Crippen LogP contribution is 2.27. The molecule has 1 saturated carbocycles. The van der Waals surface area contributed by atoms with Crippen molar-refractivity contribution in [3.8, 4) is 5.88 Å². The van der Waals surface area contributed by atoms with Crippen molar-refractivity contribution in [2.24, 2.45) is 5.92 Å². The van der Waals surface area contributed by atoms with Crippen LogP contribution in [-0.2, 0) is 9.84 Å². The van der Waals surface area contributed by atoms with Gasteiger partial charge in [0.05, 0.1) is 30.2 Å². The summed E-state index contributed by atoms with van der Waals surface area (Å²) in [6.07, 6.45) is 7.70. The molecule has 4 rings (SSSR count). The normalized spacial score (nSPS) is 15.1. The molecule has 2 aromatic heterocycles. The van der Waals surface area contributed by atoms with E-state index >= 15 is 0 Å². The van der Waals surface area contributed by atoms with E-state index in [2.05, 4.69) is 30.6 Å². The number of aliphatic hydroxyl groups is 1. The first-order valence-corrected chi connectivity index (χ1v) is 13.0. The van der Waals surface area contributed by atoms with Gasteiger partial charge in [0.2, 0.25) is 11.8 Å². The number of hydrogen-bond acceptors (Lipinski definition) is 9. The Hall–Kier alpha value is -2.76. The monoisotopic (exact) mass is 474 g/mol. The number of imidazole rings is 1. The first-order valence-electron chi connectivity index (χ1n) is 11.3. The zero-order valence-corrected chi connectivity index (χ0v) is 19.3. The molecule has 2 heterocycles. The largest absolute Gasteiger partial charge is 0.476 e. The number of aromatic amines is 1. The topological polar surface area (TPSA) is 142 Å². The van der Waals surface area contributed by atoms with E-state index < -0.39 is 9.84 Å². The number of sulfone groups is 1. The quantitative estimate of drug-likeness (QED) is 0.308. The maximum Gasteiger partial charge on any atom is 0.245 e. The fourth-order valence-corrected chi connectivity index (χ4v) is 5.12. The minimum absolute atomic E-state index is 0.0279. The molecule has 0 unspecified atom stereocenters. The third-order valence-corrected chi connectivity index (χ3v) is 7.47. The molecule has 0 atom stereocenters. The molecule has 0 bridgehead atoms. The number of fused-ring (bicyclic) bond motifs is 1. The van der Waals surface area contributed by atoms with Crippen LogP contribution < -0.4 is 15.4 Å². The first kappa shape index (κ1) is 23.4. The van der Waals surface area contributed by atoms with Crippen LogP contribution in [0.3, 0.4) is 0 Å². The Bertz CT molecular complexity index is 1140. The maximum absolute atomic E-state index is 12.5. The second-order valence-corrected chi connectivity index (χ2v) is 10.3. The van der Waals surface area contributed by atoms with Crippen molar-refractivity contribution in [3.63, 3.8) is 0 Å². The lowest BCUT2D eigenvalue weighted by Crippen LogP contribution is -2.25. The summed E-state index contributed by atoms with van der Waals surface area (Å²) in [5, 5.41) is 14.8. The molecule has 0 aliphatic heterocycles. The number of aliphatic hydroxyl groups excluding tert-OH is 1. The van der Waals surface area contributed by atoms with Gasteiger partial charge in [0, 0.05) is 18.8 Å². The number of hydrogen-bond donors (Lipinski definition) is 4. The number of anilines is 2. The van der Waals surface area contributed by atoms with Crippen molar-refractivity contribution in [2.75, 3.05) is 37.4 Å². The summed E-state index contributed by atoms with van der Waals surface area (Å²) in [7, 11) is -3.41. The van der Waals surface area contributed by atoms with Gasteiger partial charge in [0.25, 0.3) is 0 Å². The lowest BCUT2D eigenvalue weighted by molar-refractivity contribution is 0.205. The molecule has 0 spiro atoms. The summed E-state index contributed by atoms with van der Waals surface area (Å²) in [5.74, 6) is 1.29. The average molecular weight is 475 g/mol. The fraction of sp³-hybridized carbons (Fsp3) is 0.500. The molecule has 1 fully saturated rings. The number of aromatic nitrogens is 4. The summed E-state index contributed by atoms with van der Waals surface area (Å²) in [4.78, 5) is 16.5. The summed E-state index contributed by atoms with van der Waals surface area (Å²) >= 11 is 0. The Morgan fingerprint density at radius 3 is 2.64 bits per heavy atom. The van der Waals surface area contributed by atoms with Gasteiger partial charge in [0.1, 0.15) is 5.52 Å². The summed E-state index contributed by atoms with van der Waals surface area (Å²) in [6, 6.07) is 6.46. The van der Waals surface area contributed by atoms with Crippen molar-refractivity contribution in [1.82, 2.24) is 25.3 Å². The van der Waals surface area contributed by atoms with Crippen LogP contribution in [0.25, 0.3) is 11.2 Å². The van der Waals surface area contributed by atoms with Crippen LogP contribution in [0.5, 0.6) is 5.88 Å². The van der Waals surface area contributed by atoms with Crippen LogP contribution in [0.2, 0.25) is 0 Å². The minimum Gasteiger partial charge on any atom is -0.476 e. The number of nitrogens with one attached hydrogen (secondary N) is 3. The van der Waals surface area contributed by atoms with Crippen LogP contribution in [0.1, 0.15) is 32.1 Å². The first-order chi connectivity index (χ1) is 16.0. The Labute approximate surface area is 193 Å². The van der Waals surface area contributed by atoms with Crippen LogP contribution >= 0.6 is 0 Å². The number of benzene rings is 1.